The summed E-state index contributed by atoms with van der Waals surface area (Å²) >= 11 is 0. The smallest absolute Gasteiger partial charge is 0.210 e. The molecule has 0 radical (unpaired) electrons. The minimum absolute atomic E-state index is 0.00268. The van der Waals surface area contributed by atoms with Crippen molar-refractivity contribution in [2.24, 2.45) is 0 Å². The van der Waals surface area contributed by atoms with Gasteiger partial charge in [-0.25, -0.2) is 0 Å². The maximum Gasteiger partial charge on any atom is 0.210 e. The number of phenolic OH excluding ortho intramolecular Hbond substituents is 1. The van der Waals surface area contributed by atoms with Crippen LogP contribution in [0.25, 0.3) is 0 Å². The Morgan fingerprint density at radius 3 is 1.70 bits per heavy atom. The number of benzene rings is 4. The molecule has 0 amide bonds. The molecule has 8 rings (SSSR count). The van der Waals surface area contributed by atoms with E-state index in [-0.39, 0.29) is 5.92 Å². The van der Waals surface area contributed by atoms with Crippen LogP contribution in [0.2, 0.25) is 0 Å². The SMILES string of the molecule is COC1(Oc2ccc(C(C)(c3ccc(OC4(OC)CCCCC4)cc3)c3ccc(O)c(C4C5=C(CC=CC5)Cc5ccccc54)c3)cc2)CCCCC1. The summed E-state index contributed by atoms with van der Waals surface area (Å²) in [7, 11) is 3.53. The van der Waals surface area contributed by atoms with Gasteiger partial charge in [0.1, 0.15) is 17.2 Å². The summed E-state index contributed by atoms with van der Waals surface area (Å²) in [6, 6.07) is 32.2. The van der Waals surface area contributed by atoms with Crippen LogP contribution in [0.4, 0.5) is 0 Å². The number of aromatic hydroxyl groups is 1. The fourth-order valence-corrected chi connectivity index (χ4v) is 9.58. The van der Waals surface area contributed by atoms with Crippen LogP contribution in [0.5, 0.6) is 17.2 Å². The quantitative estimate of drug-likeness (QED) is 0.101. The standard InChI is InChI=1S/C48H54O5/c1-46(36-18-23-39(24-19-36)52-47(50-2)28-10-4-11-29-47,37-20-25-40(26-21-37)53-48(51-3)30-12-5-13-31-48)38-22-27-44(49)43(33-38)45-41-16-8-6-14-34(41)32-35-15-7-9-17-42(35)45/h6-9,14,16,18-27,33,45,49H,4-5,10-13,15,17,28-32H2,1-3H3. The molecule has 0 aromatic heterocycles. The molecule has 5 nitrogen and oxygen atoms in total. The Kier molecular flexibility index (Phi) is 9.99. The van der Waals surface area contributed by atoms with E-state index in [2.05, 4.69) is 104 Å². The first-order chi connectivity index (χ1) is 25.9. The van der Waals surface area contributed by atoms with Gasteiger partial charge in [0.05, 0.1) is 0 Å². The molecule has 0 spiro atoms. The molecule has 1 N–H and O–H groups in total. The van der Waals surface area contributed by atoms with Gasteiger partial charge in [-0.3, -0.25) is 0 Å². The van der Waals surface area contributed by atoms with Gasteiger partial charge in [-0.15, -0.1) is 0 Å². The van der Waals surface area contributed by atoms with Crippen LogP contribution in [0.15, 0.2) is 114 Å². The van der Waals surface area contributed by atoms with E-state index in [1.807, 2.05) is 6.07 Å². The van der Waals surface area contributed by atoms with Gasteiger partial charge in [0.25, 0.3) is 0 Å². The molecule has 276 valence electrons. The van der Waals surface area contributed by atoms with Gasteiger partial charge in [0.2, 0.25) is 11.6 Å². The van der Waals surface area contributed by atoms with Gasteiger partial charge in [-0.2, -0.15) is 0 Å². The van der Waals surface area contributed by atoms with E-state index in [4.69, 9.17) is 18.9 Å². The van der Waals surface area contributed by atoms with Crippen LogP contribution in [0, 0.1) is 0 Å². The fraction of sp³-hybridized carbons (Fsp3) is 0.417. The normalized spacial score (nSPS) is 20.7. The third-order valence-corrected chi connectivity index (χ3v) is 12.8. The van der Waals surface area contributed by atoms with Crippen molar-refractivity contribution in [3.8, 4) is 17.2 Å². The Morgan fingerprint density at radius 1 is 0.604 bits per heavy atom. The summed E-state index contributed by atoms with van der Waals surface area (Å²) in [5.41, 5.74) is 9.33. The number of ether oxygens (including phenoxy) is 4. The number of rotatable bonds is 10. The lowest BCUT2D eigenvalue weighted by molar-refractivity contribution is -0.183. The minimum atomic E-state index is -0.569. The maximum atomic E-state index is 11.7. The molecule has 2 fully saturated rings. The Morgan fingerprint density at radius 2 is 1.13 bits per heavy atom. The number of fused-ring (bicyclic) bond motifs is 1. The van der Waals surface area contributed by atoms with Gasteiger partial charge in [-0.1, -0.05) is 90.7 Å². The largest absolute Gasteiger partial charge is 0.508 e. The highest BCUT2D eigenvalue weighted by Crippen LogP contribution is 2.49. The first-order valence-electron chi connectivity index (χ1n) is 19.8. The van der Waals surface area contributed by atoms with E-state index >= 15 is 0 Å². The summed E-state index contributed by atoms with van der Waals surface area (Å²) in [5, 5.41) is 11.7. The molecular formula is C48H54O5. The van der Waals surface area contributed by atoms with Crippen LogP contribution in [0.1, 0.15) is 123 Å². The molecule has 4 aromatic rings. The maximum absolute atomic E-state index is 11.7. The van der Waals surface area contributed by atoms with Crippen molar-refractivity contribution in [3.63, 3.8) is 0 Å². The molecule has 5 heteroatoms. The van der Waals surface area contributed by atoms with E-state index in [1.165, 1.54) is 35.1 Å². The van der Waals surface area contributed by atoms with Crippen molar-refractivity contribution < 1.29 is 24.1 Å². The summed E-state index contributed by atoms with van der Waals surface area (Å²) in [6.07, 6.45) is 17.9. The first-order valence-corrected chi connectivity index (χ1v) is 19.8. The number of phenols is 1. The number of hydrogen-bond donors (Lipinski definition) is 1. The predicted molar refractivity (Wildman–Crippen MR) is 211 cm³/mol. The molecule has 53 heavy (non-hydrogen) atoms. The van der Waals surface area contributed by atoms with Gasteiger partial charge >= 0.3 is 0 Å². The molecule has 2 saturated carbocycles. The van der Waals surface area contributed by atoms with E-state index in [0.717, 1.165) is 104 Å². The molecule has 4 aliphatic carbocycles. The lowest BCUT2D eigenvalue weighted by Gasteiger charge is -2.37. The second-order valence-corrected chi connectivity index (χ2v) is 15.8. The molecule has 0 bridgehead atoms. The van der Waals surface area contributed by atoms with Crippen molar-refractivity contribution in [3.05, 3.63) is 148 Å². The summed E-state index contributed by atoms with van der Waals surface area (Å²) in [5.74, 6) is 0.826. The van der Waals surface area contributed by atoms with Gasteiger partial charge in [-0.05, 0) is 116 Å². The number of allylic oxidation sites excluding steroid dienone is 4. The monoisotopic (exact) mass is 710 g/mol. The Hall–Kier alpha value is -4.32. The van der Waals surface area contributed by atoms with E-state index in [9.17, 15) is 5.11 Å². The average Bonchev–Trinajstić information content (AvgIpc) is 3.21. The molecule has 4 aliphatic rings. The highest BCUT2D eigenvalue weighted by molar-refractivity contribution is 5.60. The highest BCUT2D eigenvalue weighted by Gasteiger charge is 2.38. The van der Waals surface area contributed by atoms with Crippen molar-refractivity contribution in [1.82, 2.24) is 0 Å². The zero-order chi connectivity index (χ0) is 36.5. The molecule has 0 heterocycles. The second-order valence-electron chi connectivity index (χ2n) is 15.8. The van der Waals surface area contributed by atoms with E-state index < -0.39 is 17.0 Å². The highest BCUT2D eigenvalue weighted by atomic mass is 16.7. The topological polar surface area (TPSA) is 57.2 Å². The number of methoxy groups -OCH3 is 2. The van der Waals surface area contributed by atoms with E-state index in [1.54, 1.807) is 14.2 Å². The Balaban J connectivity index is 1.21. The van der Waals surface area contributed by atoms with Gasteiger partial charge < -0.3 is 24.1 Å². The third-order valence-electron chi connectivity index (χ3n) is 12.8. The van der Waals surface area contributed by atoms with Crippen LogP contribution in [0.3, 0.4) is 0 Å². The number of hydrogen-bond acceptors (Lipinski definition) is 5. The van der Waals surface area contributed by atoms with Gasteiger partial charge in [0, 0.05) is 56.8 Å². The third kappa shape index (κ3) is 6.83. The molecule has 1 unspecified atom stereocenters. The Bertz CT molecular complexity index is 1890. The van der Waals surface area contributed by atoms with Crippen LogP contribution >= 0.6 is 0 Å². The summed E-state index contributed by atoms with van der Waals surface area (Å²) in [4.78, 5) is 0. The average molecular weight is 711 g/mol. The summed E-state index contributed by atoms with van der Waals surface area (Å²) in [6.45, 7) is 2.30. The van der Waals surface area contributed by atoms with Crippen LogP contribution in [-0.4, -0.2) is 30.9 Å². The van der Waals surface area contributed by atoms with Crippen molar-refractivity contribution >= 4 is 0 Å². The summed E-state index contributed by atoms with van der Waals surface area (Å²) < 4.78 is 25.1. The minimum Gasteiger partial charge on any atom is -0.508 e. The molecule has 4 aromatic carbocycles. The molecule has 1 atom stereocenters. The molecule has 0 aliphatic heterocycles. The lowest BCUT2D eigenvalue weighted by atomic mass is 9.68. The molecule has 0 saturated heterocycles. The van der Waals surface area contributed by atoms with E-state index in [0.29, 0.717) is 5.75 Å². The zero-order valence-corrected chi connectivity index (χ0v) is 31.7. The second kappa shape index (κ2) is 14.8. The predicted octanol–water partition coefficient (Wildman–Crippen LogP) is 11.5. The van der Waals surface area contributed by atoms with Crippen molar-refractivity contribution in [2.75, 3.05) is 14.2 Å². The van der Waals surface area contributed by atoms with Gasteiger partial charge in [0.15, 0.2) is 0 Å². The van der Waals surface area contributed by atoms with Crippen molar-refractivity contribution in [1.29, 1.82) is 0 Å². The molecular weight excluding hydrogens is 657 g/mol. The van der Waals surface area contributed by atoms with Crippen molar-refractivity contribution in [2.45, 2.75) is 113 Å². The van der Waals surface area contributed by atoms with Crippen LogP contribution in [-0.2, 0) is 21.3 Å². The lowest BCUT2D eigenvalue weighted by Crippen LogP contribution is -2.40. The zero-order valence-electron chi connectivity index (χ0n) is 31.7. The Labute approximate surface area is 315 Å². The fourth-order valence-electron chi connectivity index (χ4n) is 9.58. The first kappa shape index (κ1) is 35.7. The van der Waals surface area contributed by atoms with Crippen LogP contribution < -0.4 is 9.47 Å².